The van der Waals surface area contributed by atoms with E-state index in [1.807, 2.05) is 30.3 Å². The number of H-pyrrole nitrogens is 1. The number of carbonyl (C=O) groups excluding carboxylic acids is 2. The van der Waals surface area contributed by atoms with Crippen LogP contribution in [0.15, 0.2) is 48.5 Å². The molecule has 1 aliphatic heterocycles. The molecule has 202 valence electrons. The highest BCUT2D eigenvalue weighted by molar-refractivity contribution is 6.31. The lowest BCUT2D eigenvalue weighted by Gasteiger charge is -2.35. The first-order chi connectivity index (χ1) is 18.4. The predicted octanol–water partition coefficient (Wildman–Crippen LogP) is 4.36. The molecule has 2 aliphatic rings. The van der Waals surface area contributed by atoms with E-state index in [2.05, 4.69) is 10.3 Å². The van der Waals surface area contributed by atoms with Crippen molar-refractivity contribution in [3.63, 3.8) is 0 Å². The van der Waals surface area contributed by atoms with Crippen LogP contribution in [0, 0.1) is 0 Å². The summed E-state index contributed by atoms with van der Waals surface area (Å²) >= 11 is 6.12. The molecular formula is C29H34ClN3O5. The van der Waals surface area contributed by atoms with E-state index in [9.17, 15) is 14.7 Å². The summed E-state index contributed by atoms with van der Waals surface area (Å²) in [6.45, 7) is 2.99. The number of aliphatic hydroxyl groups is 1. The van der Waals surface area contributed by atoms with Crippen LogP contribution < -0.4 is 5.32 Å². The highest BCUT2D eigenvalue weighted by Crippen LogP contribution is 2.37. The van der Waals surface area contributed by atoms with E-state index >= 15 is 0 Å². The van der Waals surface area contributed by atoms with Crippen molar-refractivity contribution in [2.24, 2.45) is 0 Å². The Bertz CT molecular complexity index is 1290. The molecule has 9 heteroatoms. The zero-order chi connectivity index (χ0) is 26.6. The molecule has 4 atom stereocenters. The van der Waals surface area contributed by atoms with Gasteiger partial charge in [-0.3, -0.25) is 9.59 Å². The van der Waals surface area contributed by atoms with E-state index in [0.717, 1.165) is 41.3 Å². The molecule has 0 bridgehead atoms. The number of ether oxygens (including phenoxy) is 2. The van der Waals surface area contributed by atoms with Crippen molar-refractivity contribution >= 4 is 34.3 Å². The van der Waals surface area contributed by atoms with Gasteiger partial charge >= 0.3 is 0 Å². The summed E-state index contributed by atoms with van der Waals surface area (Å²) in [4.78, 5) is 31.7. The predicted molar refractivity (Wildman–Crippen MR) is 145 cm³/mol. The Morgan fingerprint density at radius 3 is 2.87 bits per heavy atom. The normalized spacial score (nSPS) is 21.7. The Labute approximate surface area is 227 Å². The van der Waals surface area contributed by atoms with Crippen molar-refractivity contribution in [1.29, 1.82) is 0 Å². The largest absolute Gasteiger partial charge is 0.383 e. The van der Waals surface area contributed by atoms with Crippen LogP contribution in [0.5, 0.6) is 0 Å². The standard InChI is InChI=1S/C29H34ClN3O5/c1-2-25(34)29(36)33(12-14-38-26-9-5-6-13-37-26)27-21-8-4-3-7-18(21)16-23(27)32-28(35)24-17-19-15-20(30)10-11-22(19)31-24/h3-4,7-8,10-11,15,17,23,25-27,31,34H,2,5-6,9,12-14,16H2,1H3,(H,32,35)/t23-,25+,26?,27-/m1/s1. The van der Waals surface area contributed by atoms with Crippen LogP contribution in [0.3, 0.4) is 0 Å². The van der Waals surface area contributed by atoms with Crippen molar-refractivity contribution in [2.75, 3.05) is 19.8 Å². The number of hydrogen-bond acceptors (Lipinski definition) is 5. The second-order valence-electron chi connectivity index (χ2n) is 9.96. The number of aliphatic hydroxyl groups excluding tert-OH is 1. The topological polar surface area (TPSA) is 104 Å². The van der Waals surface area contributed by atoms with Crippen LogP contribution >= 0.6 is 11.6 Å². The van der Waals surface area contributed by atoms with Gasteiger partial charge in [-0.05, 0) is 67.5 Å². The minimum absolute atomic E-state index is 0.268. The van der Waals surface area contributed by atoms with Gasteiger partial charge in [0, 0.05) is 29.1 Å². The molecule has 1 unspecified atom stereocenters. The molecule has 1 fully saturated rings. The Morgan fingerprint density at radius 2 is 2.08 bits per heavy atom. The Hall–Kier alpha value is -2.91. The maximum Gasteiger partial charge on any atom is 0.268 e. The number of fused-ring (bicyclic) bond motifs is 2. The van der Waals surface area contributed by atoms with Gasteiger partial charge in [-0.2, -0.15) is 0 Å². The lowest BCUT2D eigenvalue weighted by atomic mass is 10.0. The summed E-state index contributed by atoms with van der Waals surface area (Å²) in [6.07, 6.45) is 2.35. The van der Waals surface area contributed by atoms with Gasteiger partial charge in [0.1, 0.15) is 11.8 Å². The van der Waals surface area contributed by atoms with Crippen molar-refractivity contribution < 1.29 is 24.2 Å². The van der Waals surface area contributed by atoms with Crippen LogP contribution in [0.1, 0.15) is 60.3 Å². The molecule has 3 N–H and O–H groups in total. The number of hydrogen-bond donors (Lipinski definition) is 3. The van der Waals surface area contributed by atoms with Crippen molar-refractivity contribution in [2.45, 2.75) is 63.5 Å². The average Bonchev–Trinajstić information content (AvgIpc) is 3.52. The van der Waals surface area contributed by atoms with E-state index < -0.39 is 12.1 Å². The fourth-order valence-electron chi connectivity index (χ4n) is 5.44. The van der Waals surface area contributed by atoms with Gasteiger partial charge in [-0.15, -0.1) is 0 Å². The van der Waals surface area contributed by atoms with E-state index in [1.54, 1.807) is 30.0 Å². The second kappa shape index (κ2) is 11.9. The summed E-state index contributed by atoms with van der Waals surface area (Å²) in [5, 5.41) is 15.1. The number of rotatable bonds is 9. The Balaban J connectivity index is 1.39. The lowest BCUT2D eigenvalue weighted by molar-refractivity contribution is -0.169. The fourth-order valence-corrected chi connectivity index (χ4v) is 5.62. The van der Waals surface area contributed by atoms with Gasteiger partial charge in [0.2, 0.25) is 0 Å². The molecule has 1 aromatic heterocycles. The SMILES string of the molecule is CC[C@H](O)C(=O)N(CCOC1CCCCO1)[C@@H]1c2ccccc2C[C@H]1NC(=O)c1cc2cc(Cl)ccc2[nH]1. The molecule has 0 saturated carbocycles. The fraction of sp³-hybridized carbons (Fsp3) is 0.448. The van der Waals surface area contributed by atoms with Gasteiger partial charge in [-0.25, -0.2) is 0 Å². The Morgan fingerprint density at radius 1 is 1.24 bits per heavy atom. The first-order valence-corrected chi connectivity index (χ1v) is 13.7. The van der Waals surface area contributed by atoms with Crippen LogP contribution in [0.4, 0.5) is 0 Å². The molecule has 2 heterocycles. The Kier molecular flexibility index (Phi) is 8.33. The summed E-state index contributed by atoms with van der Waals surface area (Å²) in [6, 6.07) is 14.3. The number of carbonyl (C=O) groups is 2. The minimum Gasteiger partial charge on any atom is -0.383 e. The smallest absolute Gasteiger partial charge is 0.268 e. The summed E-state index contributed by atoms with van der Waals surface area (Å²) in [5.74, 6) is -0.641. The van der Waals surface area contributed by atoms with Gasteiger partial charge in [0.05, 0.1) is 18.7 Å². The third-order valence-electron chi connectivity index (χ3n) is 7.40. The van der Waals surface area contributed by atoms with Gasteiger partial charge in [-0.1, -0.05) is 42.8 Å². The maximum absolute atomic E-state index is 13.5. The number of amides is 2. The monoisotopic (exact) mass is 539 g/mol. The third kappa shape index (κ3) is 5.73. The number of halogens is 1. The van der Waals surface area contributed by atoms with Gasteiger partial charge in [0.25, 0.3) is 11.8 Å². The third-order valence-corrected chi connectivity index (χ3v) is 7.64. The van der Waals surface area contributed by atoms with Crippen LogP contribution in [0.25, 0.3) is 10.9 Å². The van der Waals surface area contributed by atoms with E-state index in [0.29, 0.717) is 30.2 Å². The minimum atomic E-state index is -1.14. The van der Waals surface area contributed by atoms with Crippen molar-refractivity contribution in [3.05, 3.63) is 70.4 Å². The molecule has 3 aromatic rings. The lowest BCUT2D eigenvalue weighted by Crippen LogP contribution is -2.50. The molecule has 8 nitrogen and oxygen atoms in total. The number of benzene rings is 2. The number of nitrogens with zero attached hydrogens (tertiary/aromatic N) is 1. The number of nitrogens with one attached hydrogen (secondary N) is 2. The van der Waals surface area contributed by atoms with Gasteiger partial charge < -0.3 is 29.8 Å². The number of aromatic nitrogens is 1. The van der Waals surface area contributed by atoms with E-state index in [1.165, 1.54) is 0 Å². The highest BCUT2D eigenvalue weighted by Gasteiger charge is 2.41. The van der Waals surface area contributed by atoms with Crippen LogP contribution in [0.2, 0.25) is 5.02 Å². The molecule has 1 saturated heterocycles. The highest BCUT2D eigenvalue weighted by atomic mass is 35.5. The zero-order valence-corrected chi connectivity index (χ0v) is 22.2. The first kappa shape index (κ1) is 26.7. The maximum atomic E-state index is 13.5. The van der Waals surface area contributed by atoms with Crippen LogP contribution in [-0.4, -0.2) is 65.0 Å². The summed E-state index contributed by atoms with van der Waals surface area (Å²) in [5.41, 5.74) is 3.26. The van der Waals surface area contributed by atoms with E-state index in [4.69, 9.17) is 21.1 Å². The molecule has 2 aromatic carbocycles. The second-order valence-corrected chi connectivity index (χ2v) is 10.4. The van der Waals surface area contributed by atoms with E-state index in [-0.39, 0.29) is 37.3 Å². The molecule has 1 aliphatic carbocycles. The molecule has 38 heavy (non-hydrogen) atoms. The quantitative estimate of drug-likeness (QED) is 0.375. The molecule has 5 rings (SSSR count). The zero-order valence-electron chi connectivity index (χ0n) is 21.5. The molecule has 0 spiro atoms. The molecular weight excluding hydrogens is 506 g/mol. The van der Waals surface area contributed by atoms with Crippen LogP contribution in [-0.2, 0) is 20.7 Å². The molecule has 0 radical (unpaired) electrons. The molecule has 2 amide bonds. The van der Waals surface area contributed by atoms with Gasteiger partial charge in [0.15, 0.2) is 6.29 Å². The summed E-state index contributed by atoms with van der Waals surface area (Å²) in [7, 11) is 0. The van der Waals surface area contributed by atoms with Crippen molar-refractivity contribution in [3.8, 4) is 0 Å². The number of aromatic amines is 1. The first-order valence-electron chi connectivity index (χ1n) is 13.3. The summed E-state index contributed by atoms with van der Waals surface area (Å²) < 4.78 is 11.6. The van der Waals surface area contributed by atoms with Crippen molar-refractivity contribution in [1.82, 2.24) is 15.2 Å². The average molecular weight is 540 g/mol.